The van der Waals surface area contributed by atoms with E-state index in [0.717, 1.165) is 0 Å². The molecule has 2 amide bonds. The molecule has 2 aliphatic rings. The van der Waals surface area contributed by atoms with Crippen LogP contribution in [0.1, 0.15) is 20.8 Å². The fourth-order valence-corrected chi connectivity index (χ4v) is 2.01. The minimum absolute atomic E-state index is 0.104. The van der Waals surface area contributed by atoms with Crippen LogP contribution in [0.15, 0.2) is 24.4 Å². The van der Waals surface area contributed by atoms with Crippen LogP contribution < -0.4 is 0 Å². The summed E-state index contributed by atoms with van der Waals surface area (Å²) in [4.78, 5) is 23.8. The fourth-order valence-electron chi connectivity index (χ4n) is 2.01. The van der Waals surface area contributed by atoms with E-state index in [0.29, 0.717) is 0 Å². The molecule has 0 aromatic carbocycles. The first-order valence-electron chi connectivity index (χ1n) is 5.68. The van der Waals surface area contributed by atoms with Crippen molar-refractivity contribution in [2.75, 3.05) is 6.61 Å². The topological polar surface area (TPSA) is 49.9 Å². The number of carbonyl (C=O) groups is 2. The molecule has 0 bridgehead atoms. The summed E-state index contributed by atoms with van der Waals surface area (Å²) in [6.07, 6.45) is 6.65. The van der Waals surface area contributed by atoms with E-state index in [1.54, 1.807) is 20.0 Å². The summed E-state index contributed by atoms with van der Waals surface area (Å²) in [5.74, 6) is -0.326. The molecule has 17 heavy (non-hydrogen) atoms. The van der Waals surface area contributed by atoms with Crippen molar-refractivity contribution >= 4 is 12.0 Å². The van der Waals surface area contributed by atoms with Gasteiger partial charge in [-0.25, -0.2) is 9.80 Å². The van der Waals surface area contributed by atoms with Crippen molar-refractivity contribution < 1.29 is 14.3 Å². The Hall–Kier alpha value is -1.78. The Labute approximate surface area is 100 Å². The molecular weight excluding hydrogens is 220 g/mol. The number of rotatable bonds is 1. The van der Waals surface area contributed by atoms with Gasteiger partial charge in [0, 0.05) is 6.20 Å². The van der Waals surface area contributed by atoms with Crippen LogP contribution in [0.5, 0.6) is 0 Å². The molecule has 0 N–H and O–H groups in total. The van der Waals surface area contributed by atoms with Gasteiger partial charge in [0.15, 0.2) is 0 Å². The van der Waals surface area contributed by atoms with Crippen molar-refractivity contribution in [3.8, 4) is 0 Å². The van der Waals surface area contributed by atoms with Crippen molar-refractivity contribution in [2.24, 2.45) is 5.92 Å². The lowest BCUT2D eigenvalue weighted by Gasteiger charge is -2.40. The van der Waals surface area contributed by atoms with Crippen molar-refractivity contribution in [3.63, 3.8) is 0 Å². The normalized spacial score (nSPS) is 30.8. The van der Waals surface area contributed by atoms with Gasteiger partial charge in [-0.2, -0.15) is 5.01 Å². The third-order valence-corrected chi connectivity index (χ3v) is 3.00. The van der Waals surface area contributed by atoms with Gasteiger partial charge in [-0.15, -0.1) is 0 Å². The molecule has 92 valence electrons. The Morgan fingerprint density at radius 3 is 2.88 bits per heavy atom. The van der Waals surface area contributed by atoms with Gasteiger partial charge in [-0.1, -0.05) is 19.1 Å². The van der Waals surface area contributed by atoms with Gasteiger partial charge in [0.2, 0.25) is 5.91 Å². The number of ether oxygens (including phenoxy) is 1. The average Bonchev–Trinajstić information content (AvgIpc) is 2.63. The molecule has 2 heterocycles. The van der Waals surface area contributed by atoms with Gasteiger partial charge >= 0.3 is 6.09 Å². The lowest BCUT2D eigenvalue weighted by atomic mass is 9.93. The molecule has 0 aromatic rings. The van der Waals surface area contributed by atoms with Crippen LogP contribution in [-0.4, -0.2) is 34.2 Å². The van der Waals surface area contributed by atoms with Crippen molar-refractivity contribution in [1.29, 1.82) is 0 Å². The Morgan fingerprint density at radius 2 is 2.24 bits per heavy atom. The first-order chi connectivity index (χ1) is 7.99. The number of nitrogens with zero attached hydrogens (tertiary/aromatic N) is 2. The van der Waals surface area contributed by atoms with Crippen LogP contribution in [-0.2, 0) is 9.53 Å². The van der Waals surface area contributed by atoms with Crippen molar-refractivity contribution in [1.82, 2.24) is 10.0 Å². The summed E-state index contributed by atoms with van der Waals surface area (Å²) in [7, 11) is 0. The molecule has 0 aliphatic carbocycles. The number of carbonyl (C=O) groups excluding carboxylic acids is 2. The maximum Gasteiger partial charge on any atom is 0.433 e. The molecule has 5 nitrogen and oxygen atoms in total. The van der Waals surface area contributed by atoms with Crippen molar-refractivity contribution in [3.05, 3.63) is 24.4 Å². The summed E-state index contributed by atoms with van der Waals surface area (Å²) >= 11 is 0. The highest BCUT2D eigenvalue weighted by molar-refractivity contribution is 5.86. The average molecular weight is 236 g/mol. The summed E-state index contributed by atoms with van der Waals surface area (Å²) < 4.78 is 4.92. The molecule has 5 heteroatoms. The zero-order valence-corrected chi connectivity index (χ0v) is 10.2. The van der Waals surface area contributed by atoms with Crippen LogP contribution in [0.2, 0.25) is 0 Å². The number of fused-ring (bicyclic) bond motifs is 1. The third-order valence-electron chi connectivity index (χ3n) is 3.00. The van der Waals surface area contributed by atoms with Crippen LogP contribution in [0.4, 0.5) is 4.79 Å². The van der Waals surface area contributed by atoms with E-state index in [9.17, 15) is 9.59 Å². The Morgan fingerprint density at radius 1 is 1.53 bits per heavy atom. The second-order valence-corrected chi connectivity index (χ2v) is 4.38. The predicted octanol–water partition coefficient (Wildman–Crippen LogP) is 1.68. The van der Waals surface area contributed by atoms with E-state index in [2.05, 4.69) is 0 Å². The standard InChI is InChI=1S/C12H16N2O3/c1-4-17-11(16)13-8-7-12(3)6-5-9(2)10(15)14(12)13/h5-9H,4H2,1-3H3. The van der Waals surface area contributed by atoms with E-state index in [4.69, 9.17) is 4.74 Å². The van der Waals surface area contributed by atoms with Gasteiger partial charge in [0.1, 0.15) is 5.54 Å². The minimum atomic E-state index is -0.559. The second kappa shape index (κ2) is 3.91. The van der Waals surface area contributed by atoms with Crippen LogP contribution in [0.25, 0.3) is 0 Å². The molecular formula is C12H16N2O3. The summed E-state index contributed by atoms with van der Waals surface area (Å²) in [5.41, 5.74) is -0.559. The quantitative estimate of drug-likeness (QED) is 0.651. The monoisotopic (exact) mass is 236 g/mol. The van der Waals surface area contributed by atoms with Gasteiger partial charge in [0.05, 0.1) is 12.5 Å². The highest BCUT2D eigenvalue weighted by Gasteiger charge is 2.45. The first-order valence-corrected chi connectivity index (χ1v) is 5.68. The lowest BCUT2D eigenvalue weighted by Crippen LogP contribution is -2.56. The van der Waals surface area contributed by atoms with Gasteiger partial charge < -0.3 is 4.74 Å². The predicted molar refractivity (Wildman–Crippen MR) is 61.6 cm³/mol. The largest absolute Gasteiger partial charge is 0.448 e. The number of amides is 2. The smallest absolute Gasteiger partial charge is 0.433 e. The maximum atomic E-state index is 12.1. The van der Waals surface area contributed by atoms with Crippen molar-refractivity contribution in [2.45, 2.75) is 26.3 Å². The maximum absolute atomic E-state index is 12.1. The molecule has 0 radical (unpaired) electrons. The van der Waals surface area contributed by atoms with Crippen LogP contribution in [0, 0.1) is 5.92 Å². The summed E-state index contributed by atoms with van der Waals surface area (Å²) in [6.45, 7) is 5.70. The van der Waals surface area contributed by atoms with Crippen LogP contribution >= 0.6 is 0 Å². The first kappa shape index (κ1) is 11.7. The number of hydrogen-bond donors (Lipinski definition) is 0. The number of hydrazine groups is 1. The van der Waals surface area contributed by atoms with E-state index >= 15 is 0 Å². The Bertz CT molecular complexity index is 416. The van der Waals surface area contributed by atoms with Gasteiger partial charge in [-0.3, -0.25) is 4.79 Å². The summed E-state index contributed by atoms with van der Waals surface area (Å²) in [6, 6.07) is 0. The zero-order chi connectivity index (χ0) is 12.6. The summed E-state index contributed by atoms with van der Waals surface area (Å²) in [5, 5.41) is 2.68. The highest BCUT2D eigenvalue weighted by atomic mass is 16.6. The van der Waals surface area contributed by atoms with E-state index in [1.807, 2.05) is 25.2 Å². The third kappa shape index (κ3) is 1.71. The van der Waals surface area contributed by atoms with E-state index in [-0.39, 0.29) is 18.4 Å². The molecule has 2 aliphatic heterocycles. The van der Waals surface area contributed by atoms with E-state index in [1.165, 1.54) is 10.0 Å². The Balaban J connectivity index is 2.30. The minimum Gasteiger partial charge on any atom is -0.448 e. The Kier molecular flexibility index (Phi) is 2.69. The number of hydrogen-bond acceptors (Lipinski definition) is 3. The molecule has 2 unspecified atom stereocenters. The lowest BCUT2D eigenvalue weighted by molar-refractivity contribution is -0.150. The van der Waals surface area contributed by atoms with Gasteiger partial charge in [-0.05, 0) is 19.9 Å². The molecule has 0 spiro atoms. The van der Waals surface area contributed by atoms with Gasteiger partial charge in [0.25, 0.3) is 0 Å². The van der Waals surface area contributed by atoms with E-state index < -0.39 is 11.6 Å². The molecule has 0 saturated carbocycles. The fraction of sp³-hybridized carbons (Fsp3) is 0.500. The SMILES string of the molecule is CCOC(=O)N1C=CC2(C)C=CC(C)C(=O)N12. The second-order valence-electron chi connectivity index (χ2n) is 4.38. The van der Waals surface area contributed by atoms with Crippen LogP contribution in [0.3, 0.4) is 0 Å². The molecule has 2 rings (SSSR count). The zero-order valence-electron chi connectivity index (χ0n) is 10.2. The molecule has 0 aromatic heterocycles. The highest BCUT2D eigenvalue weighted by Crippen LogP contribution is 2.33. The molecule has 0 fully saturated rings. The molecule has 0 saturated heterocycles. The molecule has 2 atom stereocenters.